The van der Waals surface area contributed by atoms with E-state index in [0.29, 0.717) is 0 Å². The van der Waals surface area contributed by atoms with Crippen LogP contribution in [-0.4, -0.2) is 14.5 Å². The Morgan fingerprint density at radius 1 is 0.321 bits per heavy atom. The van der Waals surface area contributed by atoms with Crippen molar-refractivity contribution in [2.45, 2.75) is 0 Å². The zero-order valence-corrected chi connectivity index (χ0v) is 28.7. The molecule has 11 rings (SSSR count). The predicted molar refractivity (Wildman–Crippen MR) is 223 cm³/mol. The molecule has 3 nitrogen and oxygen atoms in total. The summed E-state index contributed by atoms with van der Waals surface area (Å²) in [7, 11) is 0. The molecule has 2 aromatic heterocycles. The Labute approximate surface area is 306 Å². The Hall–Kier alpha value is -7.10. The number of fused-ring (bicyclic) bond motifs is 7. The summed E-state index contributed by atoms with van der Waals surface area (Å²) in [6.07, 6.45) is 0. The third-order valence-electron chi connectivity index (χ3n) is 10.7. The summed E-state index contributed by atoms with van der Waals surface area (Å²) >= 11 is 0. The quantitative estimate of drug-likeness (QED) is 0.186. The maximum atomic E-state index is 5.25. The normalized spacial score (nSPS) is 11.8. The van der Waals surface area contributed by atoms with Gasteiger partial charge in [-0.05, 0) is 132 Å². The van der Waals surface area contributed by atoms with Crippen LogP contribution in [0.4, 0.5) is 0 Å². The van der Waals surface area contributed by atoms with Crippen LogP contribution in [0.1, 0.15) is 0 Å². The number of rotatable bonds is 4. The molecular weight excluding hydrogens is 643 g/mol. The van der Waals surface area contributed by atoms with Gasteiger partial charge in [-0.3, -0.25) is 4.57 Å². The average molecular weight is 674 g/mol. The lowest BCUT2D eigenvalue weighted by atomic mass is 9.91. The second kappa shape index (κ2) is 11.7. The number of hydrogen-bond acceptors (Lipinski definition) is 2. The summed E-state index contributed by atoms with van der Waals surface area (Å²) < 4.78 is 2.27. The van der Waals surface area contributed by atoms with E-state index < -0.39 is 0 Å². The van der Waals surface area contributed by atoms with Crippen LogP contribution in [0.5, 0.6) is 0 Å². The number of para-hydroxylation sites is 2. The standard InChI is InChI=1S/C50H31N3/c1-4-12-35-25-38(19-17-32(35)9-1)41-27-42(39-20-18-33-10-2-5-13-36(33)26-39)29-43(28-41)40-22-24-48-45(31-40)49-50(52-47-16-8-7-15-46(47)51-49)53(48)44-23-21-34-11-3-6-14-37(34)30-44/h1-31H. The summed E-state index contributed by atoms with van der Waals surface area (Å²) in [5.41, 5.74) is 12.7. The van der Waals surface area contributed by atoms with Crippen molar-refractivity contribution in [2.24, 2.45) is 0 Å². The molecule has 246 valence electrons. The first-order valence-corrected chi connectivity index (χ1v) is 18.1. The highest BCUT2D eigenvalue weighted by molar-refractivity contribution is 6.09. The largest absolute Gasteiger partial charge is 0.293 e. The minimum Gasteiger partial charge on any atom is -0.293 e. The van der Waals surface area contributed by atoms with Crippen molar-refractivity contribution in [1.82, 2.24) is 14.5 Å². The van der Waals surface area contributed by atoms with Gasteiger partial charge in [0.2, 0.25) is 0 Å². The van der Waals surface area contributed by atoms with E-state index in [1.54, 1.807) is 0 Å². The highest BCUT2D eigenvalue weighted by Crippen LogP contribution is 2.39. The van der Waals surface area contributed by atoms with E-state index in [2.05, 4.69) is 168 Å². The lowest BCUT2D eigenvalue weighted by Crippen LogP contribution is -1.96. The molecule has 2 heterocycles. The molecule has 0 fully saturated rings. The van der Waals surface area contributed by atoms with Crippen LogP contribution in [0.15, 0.2) is 188 Å². The number of aromatic nitrogens is 3. The van der Waals surface area contributed by atoms with Gasteiger partial charge in [-0.1, -0.05) is 121 Å². The molecule has 0 N–H and O–H groups in total. The second-order valence-electron chi connectivity index (χ2n) is 13.9. The number of nitrogens with zero attached hydrogens (tertiary/aromatic N) is 3. The van der Waals surface area contributed by atoms with E-state index in [9.17, 15) is 0 Å². The SMILES string of the molecule is c1ccc2cc(-c3cc(-c4ccc5ccccc5c4)cc(-c4ccc5c(c4)c4nc6ccccc6nc4n5-c4ccc5ccccc5c4)c3)ccc2c1. The monoisotopic (exact) mass is 673 g/mol. The van der Waals surface area contributed by atoms with Crippen LogP contribution in [-0.2, 0) is 0 Å². The van der Waals surface area contributed by atoms with Gasteiger partial charge in [0.15, 0.2) is 5.65 Å². The van der Waals surface area contributed by atoms with Crippen molar-refractivity contribution in [3.05, 3.63) is 188 Å². The molecule has 0 amide bonds. The Morgan fingerprint density at radius 3 is 1.36 bits per heavy atom. The topological polar surface area (TPSA) is 30.7 Å². The second-order valence-corrected chi connectivity index (χ2v) is 13.9. The number of hydrogen-bond donors (Lipinski definition) is 0. The molecule has 0 atom stereocenters. The first-order valence-electron chi connectivity index (χ1n) is 18.1. The molecule has 3 heteroatoms. The van der Waals surface area contributed by atoms with E-state index >= 15 is 0 Å². The van der Waals surface area contributed by atoms with E-state index in [0.717, 1.165) is 49.9 Å². The van der Waals surface area contributed by atoms with Gasteiger partial charge in [-0.15, -0.1) is 0 Å². The van der Waals surface area contributed by atoms with Crippen LogP contribution < -0.4 is 0 Å². The predicted octanol–water partition coefficient (Wildman–Crippen LogP) is 13.2. The first kappa shape index (κ1) is 29.6. The third-order valence-corrected chi connectivity index (χ3v) is 10.7. The molecule has 53 heavy (non-hydrogen) atoms. The van der Waals surface area contributed by atoms with Crippen molar-refractivity contribution >= 4 is 65.4 Å². The Kier molecular flexibility index (Phi) is 6.55. The van der Waals surface area contributed by atoms with Crippen LogP contribution >= 0.6 is 0 Å². The van der Waals surface area contributed by atoms with E-state index in [1.807, 2.05) is 24.3 Å². The van der Waals surface area contributed by atoms with Crippen molar-refractivity contribution in [1.29, 1.82) is 0 Å². The fourth-order valence-corrected chi connectivity index (χ4v) is 7.98. The van der Waals surface area contributed by atoms with Crippen molar-refractivity contribution in [3.63, 3.8) is 0 Å². The lowest BCUT2D eigenvalue weighted by Gasteiger charge is -2.13. The van der Waals surface area contributed by atoms with E-state index in [1.165, 1.54) is 54.6 Å². The van der Waals surface area contributed by atoms with Crippen LogP contribution in [0.2, 0.25) is 0 Å². The molecule has 0 radical (unpaired) electrons. The summed E-state index contributed by atoms with van der Waals surface area (Å²) in [5.74, 6) is 0. The molecule has 0 saturated carbocycles. The van der Waals surface area contributed by atoms with Gasteiger partial charge in [0.05, 0.1) is 16.6 Å². The highest BCUT2D eigenvalue weighted by atomic mass is 15.1. The molecule has 0 bridgehead atoms. The van der Waals surface area contributed by atoms with Gasteiger partial charge in [-0.2, -0.15) is 0 Å². The van der Waals surface area contributed by atoms with Gasteiger partial charge >= 0.3 is 0 Å². The van der Waals surface area contributed by atoms with Crippen LogP contribution in [0.25, 0.3) is 104 Å². The highest BCUT2D eigenvalue weighted by Gasteiger charge is 2.18. The molecule has 0 aliphatic carbocycles. The summed E-state index contributed by atoms with van der Waals surface area (Å²) in [5, 5.41) is 8.43. The summed E-state index contributed by atoms with van der Waals surface area (Å²) in [6.45, 7) is 0. The lowest BCUT2D eigenvalue weighted by molar-refractivity contribution is 1.14. The molecule has 9 aromatic carbocycles. The Morgan fingerprint density at radius 2 is 0.774 bits per heavy atom. The molecule has 0 saturated heterocycles. The molecular formula is C50H31N3. The maximum Gasteiger partial charge on any atom is 0.165 e. The number of benzene rings is 9. The van der Waals surface area contributed by atoms with Gasteiger partial charge < -0.3 is 0 Å². The van der Waals surface area contributed by atoms with E-state index in [-0.39, 0.29) is 0 Å². The maximum absolute atomic E-state index is 5.25. The average Bonchev–Trinajstić information content (AvgIpc) is 3.54. The van der Waals surface area contributed by atoms with E-state index in [4.69, 9.17) is 9.97 Å². The van der Waals surface area contributed by atoms with Gasteiger partial charge in [0.1, 0.15) is 5.52 Å². The molecule has 0 aliphatic heterocycles. The first-order chi connectivity index (χ1) is 26.2. The van der Waals surface area contributed by atoms with Crippen LogP contribution in [0, 0.1) is 0 Å². The van der Waals surface area contributed by atoms with Gasteiger partial charge in [0.25, 0.3) is 0 Å². The zero-order chi connectivity index (χ0) is 34.9. The molecule has 0 unspecified atom stereocenters. The molecule has 0 aliphatic rings. The smallest absolute Gasteiger partial charge is 0.165 e. The fraction of sp³-hybridized carbons (Fsp3) is 0. The van der Waals surface area contributed by atoms with Gasteiger partial charge in [0, 0.05) is 11.1 Å². The minimum absolute atomic E-state index is 0.855. The van der Waals surface area contributed by atoms with Crippen molar-refractivity contribution < 1.29 is 0 Å². The summed E-state index contributed by atoms with van der Waals surface area (Å²) in [6, 6.07) is 67.8. The van der Waals surface area contributed by atoms with Gasteiger partial charge in [-0.25, -0.2) is 9.97 Å². The molecule has 0 spiro atoms. The summed E-state index contributed by atoms with van der Waals surface area (Å²) in [4.78, 5) is 10.5. The Balaban J connectivity index is 1.15. The third kappa shape index (κ3) is 4.97. The van der Waals surface area contributed by atoms with Crippen molar-refractivity contribution in [2.75, 3.05) is 0 Å². The van der Waals surface area contributed by atoms with Crippen molar-refractivity contribution in [3.8, 4) is 39.1 Å². The molecule has 11 aromatic rings. The Bertz CT molecular complexity index is 3150. The fourth-order valence-electron chi connectivity index (χ4n) is 7.98. The zero-order valence-electron chi connectivity index (χ0n) is 28.7. The minimum atomic E-state index is 0.855. The van der Waals surface area contributed by atoms with Crippen LogP contribution in [0.3, 0.4) is 0 Å².